The highest BCUT2D eigenvalue weighted by atomic mass is 35.5. The lowest BCUT2D eigenvalue weighted by Gasteiger charge is -2.24. The first-order chi connectivity index (χ1) is 19.8. The van der Waals surface area contributed by atoms with Crippen molar-refractivity contribution >= 4 is 50.1 Å². The highest BCUT2D eigenvalue weighted by Crippen LogP contribution is 2.58. The summed E-state index contributed by atoms with van der Waals surface area (Å²) in [5.74, 6) is 1.80. The number of pyridine rings is 1. The van der Waals surface area contributed by atoms with Gasteiger partial charge < -0.3 is 14.6 Å². The van der Waals surface area contributed by atoms with Crippen LogP contribution in [-0.2, 0) is 17.1 Å². The fourth-order valence-corrected chi connectivity index (χ4v) is 6.49. The molecule has 2 fully saturated rings. The number of carbonyl (C=O) groups excluding carboxylic acids is 1. The maximum atomic E-state index is 13.6. The Morgan fingerprint density at radius 3 is 2.50 bits per heavy atom. The molecule has 4 heterocycles. The van der Waals surface area contributed by atoms with Gasteiger partial charge in [-0.15, -0.1) is 10.2 Å². The Morgan fingerprint density at radius 1 is 1.14 bits per heavy atom. The van der Waals surface area contributed by atoms with E-state index in [1.807, 2.05) is 30.7 Å². The quantitative estimate of drug-likeness (QED) is 0.295. The van der Waals surface area contributed by atoms with Gasteiger partial charge in [-0.2, -0.15) is 0 Å². The minimum atomic E-state index is -3.83. The van der Waals surface area contributed by atoms with Crippen LogP contribution in [0.15, 0.2) is 33.5 Å². The van der Waals surface area contributed by atoms with Crippen LogP contribution in [0.2, 0.25) is 5.15 Å². The lowest BCUT2D eigenvalue weighted by molar-refractivity contribution is 0.0977. The number of carbonyl (C=O) groups is 1. The molecule has 4 aromatic rings. The van der Waals surface area contributed by atoms with Gasteiger partial charge in [0.05, 0.1) is 28.9 Å². The smallest absolute Gasteiger partial charge is 0.285 e. The van der Waals surface area contributed by atoms with Gasteiger partial charge in [0, 0.05) is 38.5 Å². The molecule has 1 aromatic carbocycles. The van der Waals surface area contributed by atoms with E-state index in [4.69, 9.17) is 21.0 Å². The Bertz CT molecular complexity index is 1910. The second-order valence-electron chi connectivity index (χ2n) is 11.0. The van der Waals surface area contributed by atoms with Crippen molar-refractivity contribution in [2.24, 2.45) is 18.9 Å². The zero-order chi connectivity index (χ0) is 30.1. The topological polar surface area (TPSA) is 165 Å². The summed E-state index contributed by atoms with van der Waals surface area (Å²) in [4.78, 5) is 37.5. The van der Waals surface area contributed by atoms with Gasteiger partial charge >= 0.3 is 0 Å². The standard InChI is InChI=1S/C27H29ClN8O5S/c1-12-8-15(13(2)29-19-6-7-20(28)30-23(19)24(37)34-42(5,39)40)22-16(9-12)26(38)35(4)27(31-22)36-10-17-18(11-36)21(17)25-33-32-14(3)41-25/h6-9,13,17-18,21,29H,10-11H2,1-5H3,(H,34,37)/t13-,17-,18+,21?/m1/s1. The monoisotopic (exact) mass is 612 g/mol. The average Bonchev–Trinajstić information content (AvgIpc) is 3.20. The molecule has 0 spiro atoms. The lowest BCUT2D eigenvalue weighted by Crippen LogP contribution is -2.32. The molecule has 0 bridgehead atoms. The summed E-state index contributed by atoms with van der Waals surface area (Å²) in [5.41, 5.74) is 2.06. The van der Waals surface area contributed by atoms with E-state index in [1.54, 1.807) is 24.6 Å². The number of amides is 1. The summed E-state index contributed by atoms with van der Waals surface area (Å²) in [6, 6.07) is 6.34. The highest BCUT2D eigenvalue weighted by Gasteiger charge is 2.59. The van der Waals surface area contributed by atoms with Crippen molar-refractivity contribution in [2.45, 2.75) is 32.7 Å². The highest BCUT2D eigenvalue weighted by molar-refractivity contribution is 7.89. The molecule has 4 atom stereocenters. The van der Waals surface area contributed by atoms with Gasteiger partial charge in [0.25, 0.3) is 11.5 Å². The van der Waals surface area contributed by atoms with Crippen LogP contribution < -0.4 is 20.5 Å². The lowest BCUT2D eigenvalue weighted by atomic mass is 10.0. The molecule has 1 aliphatic heterocycles. The van der Waals surface area contributed by atoms with Gasteiger partial charge in [-0.05, 0) is 49.4 Å². The van der Waals surface area contributed by atoms with Gasteiger partial charge in [0.1, 0.15) is 5.15 Å². The van der Waals surface area contributed by atoms with Gasteiger partial charge in [-0.1, -0.05) is 17.7 Å². The van der Waals surface area contributed by atoms with Crippen molar-refractivity contribution in [3.8, 4) is 0 Å². The number of rotatable bonds is 7. The molecule has 1 saturated carbocycles. The summed E-state index contributed by atoms with van der Waals surface area (Å²) in [6.07, 6.45) is 0.879. The second kappa shape index (κ2) is 10.1. The Balaban J connectivity index is 1.33. The number of fused-ring (bicyclic) bond motifs is 2. The van der Waals surface area contributed by atoms with Gasteiger partial charge in [0.15, 0.2) is 5.69 Å². The van der Waals surface area contributed by atoms with Crippen LogP contribution in [0.3, 0.4) is 0 Å². The maximum Gasteiger partial charge on any atom is 0.285 e. The first-order valence-electron chi connectivity index (χ1n) is 13.3. The predicted octanol–water partition coefficient (Wildman–Crippen LogP) is 2.69. The molecular formula is C27H29ClN8O5S. The number of hydrogen-bond donors (Lipinski definition) is 2. The Kier molecular flexibility index (Phi) is 6.72. The second-order valence-corrected chi connectivity index (χ2v) is 13.2. The van der Waals surface area contributed by atoms with Crippen LogP contribution in [0, 0.1) is 25.7 Å². The zero-order valence-electron chi connectivity index (χ0n) is 23.5. The van der Waals surface area contributed by atoms with Gasteiger partial charge in [-0.3, -0.25) is 14.2 Å². The number of nitrogens with zero attached hydrogens (tertiary/aromatic N) is 6. The van der Waals surface area contributed by atoms with Crippen molar-refractivity contribution in [1.29, 1.82) is 0 Å². The van der Waals surface area contributed by atoms with E-state index >= 15 is 0 Å². The van der Waals surface area contributed by atoms with Crippen molar-refractivity contribution in [3.63, 3.8) is 0 Å². The molecule has 42 heavy (non-hydrogen) atoms. The SMILES string of the molecule is Cc1cc([C@@H](C)Nc2ccc(Cl)nc2C(=O)NS(C)(=O)=O)c2nc(N3C[C@@H]4C(c5nnc(C)o5)[C@@H]4C3)n(C)c(=O)c2c1. The predicted molar refractivity (Wildman–Crippen MR) is 156 cm³/mol. The van der Waals surface area contributed by atoms with Crippen LogP contribution >= 0.6 is 11.6 Å². The number of piperidine rings is 1. The number of hydrogen-bond acceptors (Lipinski definition) is 11. The molecule has 3 aromatic heterocycles. The average molecular weight is 613 g/mol. The number of aromatic nitrogens is 5. The van der Waals surface area contributed by atoms with E-state index in [-0.39, 0.29) is 28.0 Å². The Hall–Kier alpha value is -4.04. The first-order valence-corrected chi connectivity index (χ1v) is 15.6. The van der Waals surface area contributed by atoms with Crippen LogP contribution in [0.5, 0.6) is 0 Å². The third kappa shape index (κ3) is 5.09. The fourth-order valence-electron chi connectivity index (χ4n) is 5.91. The number of sulfonamides is 1. The zero-order valence-corrected chi connectivity index (χ0v) is 25.1. The number of benzene rings is 1. The molecule has 0 radical (unpaired) electrons. The van der Waals surface area contributed by atoms with E-state index in [0.717, 1.165) is 17.4 Å². The van der Waals surface area contributed by atoms with E-state index < -0.39 is 22.0 Å². The number of halogens is 1. The summed E-state index contributed by atoms with van der Waals surface area (Å²) in [6.45, 7) is 6.96. The van der Waals surface area contributed by atoms with Crippen LogP contribution in [0.25, 0.3) is 10.9 Å². The molecule has 1 unspecified atom stereocenters. The number of anilines is 2. The van der Waals surface area contributed by atoms with E-state index in [9.17, 15) is 18.0 Å². The van der Waals surface area contributed by atoms with Crippen molar-refractivity contribution in [1.82, 2.24) is 29.5 Å². The summed E-state index contributed by atoms with van der Waals surface area (Å²) >= 11 is 6.02. The minimum absolute atomic E-state index is 0.0304. The van der Waals surface area contributed by atoms with Crippen molar-refractivity contribution < 1.29 is 17.6 Å². The summed E-state index contributed by atoms with van der Waals surface area (Å²) in [7, 11) is -2.11. The van der Waals surface area contributed by atoms with Crippen molar-refractivity contribution in [2.75, 3.05) is 29.6 Å². The molecule has 13 nitrogen and oxygen atoms in total. The molecule has 1 amide bonds. The minimum Gasteiger partial charge on any atom is -0.425 e. The third-order valence-corrected chi connectivity index (χ3v) is 8.59. The molecule has 15 heteroatoms. The van der Waals surface area contributed by atoms with E-state index in [1.165, 1.54) is 6.07 Å². The van der Waals surface area contributed by atoms with Crippen molar-refractivity contribution in [3.05, 3.63) is 68.4 Å². The molecule has 2 N–H and O–H groups in total. The molecule has 1 aliphatic carbocycles. The van der Waals surface area contributed by atoms with Crippen LogP contribution in [0.4, 0.5) is 11.6 Å². The largest absolute Gasteiger partial charge is 0.425 e. The molecule has 1 saturated heterocycles. The normalized spacial score (nSPS) is 20.4. The van der Waals surface area contributed by atoms with Crippen LogP contribution in [-0.4, -0.2) is 58.4 Å². The Morgan fingerprint density at radius 2 is 1.86 bits per heavy atom. The fraction of sp³-hybridized carbons (Fsp3) is 0.407. The molecular weight excluding hydrogens is 584 g/mol. The van der Waals surface area contributed by atoms with Gasteiger partial charge in [-0.25, -0.2) is 23.1 Å². The summed E-state index contributed by atoms with van der Waals surface area (Å²) < 4.78 is 32.5. The molecule has 220 valence electrons. The summed E-state index contributed by atoms with van der Waals surface area (Å²) in [5, 5.41) is 11.9. The van der Waals surface area contributed by atoms with E-state index in [2.05, 4.69) is 25.4 Å². The number of nitrogens with one attached hydrogen (secondary N) is 2. The molecule has 2 aliphatic rings. The first kappa shape index (κ1) is 28.1. The number of aryl methyl sites for hydroxylation is 2. The Labute approximate surface area is 246 Å². The molecule has 6 rings (SSSR count). The van der Waals surface area contributed by atoms with E-state index in [0.29, 0.717) is 53.6 Å². The van der Waals surface area contributed by atoms with Crippen LogP contribution in [0.1, 0.15) is 52.3 Å². The maximum absolute atomic E-state index is 13.6. The third-order valence-electron chi connectivity index (χ3n) is 7.83. The van der Waals surface area contributed by atoms with Gasteiger partial charge in [0.2, 0.25) is 27.8 Å².